The van der Waals surface area contributed by atoms with Crippen molar-refractivity contribution in [1.29, 1.82) is 0 Å². The first-order valence-electron chi connectivity index (χ1n) is 7.88. The van der Waals surface area contributed by atoms with Crippen molar-refractivity contribution in [3.8, 4) is 0 Å². The quantitative estimate of drug-likeness (QED) is 0.911. The van der Waals surface area contributed by atoms with E-state index < -0.39 is 5.97 Å². The van der Waals surface area contributed by atoms with Gasteiger partial charge in [0.1, 0.15) is 0 Å². The molecule has 1 aromatic carbocycles. The predicted octanol–water partition coefficient (Wildman–Crippen LogP) is 2.56. The van der Waals surface area contributed by atoms with Crippen LogP contribution < -0.4 is 0 Å². The number of aromatic amines is 1. The number of hydrogen-bond donors (Lipinski definition) is 2. The lowest BCUT2D eigenvalue weighted by Gasteiger charge is -2.37. The first-order chi connectivity index (χ1) is 10.6. The highest BCUT2D eigenvalue weighted by Gasteiger charge is 2.28. The van der Waals surface area contributed by atoms with Crippen LogP contribution in [0.3, 0.4) is 0 Å². The van der Waals surface area contributed by atoms with E-state index in [4.69, 9.17) is 0 Å². The molecule has 5 heteroatoms. The zero-order chi connectivity index (χ0) is 15.7. The third kappa shape index (κ3) is 2.62. The molecule has 2 heterocycles. The molecule has 0 amide bonds. The maximum Gasteiger partial charge on any atom is 0.338 e. The van der Waals surface area contributed by atoms with E-state index in [1.807, 2.05) is 24.3 Å². The Hall–Kier alpha value is -1.85. The second-order valence-corrected chi connectivity index (χ2v) is 6.03. The highest BCUT2D eigenvalue weighted by Crippen LogP contribution is 2.32. The van der Waals surface area contributed by atoms with Crippen LogP contribution in [0, 0.1) is 0 Å². The van der Waals surface area contributed by atoms with Gasteiger partial charge in [-0.05, 0) is 19.5 Å². The van der Waals surface area contributed by atoms with Crippen molar-refractivity contribution >= 4 is 16.9 Å². The average Bonchev–Trinajstić information content (AvgIpc) is 2.89. The minimum atomic E-state index is -0.847. The van der Waals surface area contributed by atoms with Crippen molar-refractivity contribution < 1.29 is 9.90 Å². The average molecular weight is 301 g/mol. The topological polar surface area (TPSA) is 59.6 Å². The van der Waals surface area contributed by atoms with Gasteiger partial charge in [0.15, 0.2) is 0 Å². The number of likely N-dealkylation sites (N-methyl/N-ethyl adjacent to an activating group) is 1. The summed E-state index contributed by atoms with van der Waals surface area (Å²) in [5.74, 6) is -0.847. The Morgan fingerprint density at radius 2 is 1.95 bits per heavy atom. The van der Waals surface area contributed by atoms with Crippen molar-refractivity contribution in [3.05, 3.63) is 35.5 Å². The molecule has 5 nitrogen and oxygen atoms in total. The molecule has 0 spiro atoms. The fraction of sp³-hybridized carbons (Fsp3) is 0.471. The largest absolute Gasteiger partial charge is 0.478 e. The number of carbonyl (C=O) groups is 1. The smallest absolute Gasteiger partial charge is 0.338 e. The molecule has 0 bridgehead atoms. The Bertz CT molecular complexity index is 672. The second kappa shape index (κ2) is 6.10. The number of nitrogens with zero attached hydrogens (tertiary/aromatic N) is 2. The molecular weight excluding hydrogens is 278 g/mol. The Balaban J connectivity index is 2.03. The fourth-order valence-electron chi connectivity index (χ4n) is 3.42. The minimum absolute atomic E-state index is 0.132. The SMILES string of the molecule is CCC(c1[nH]c2ccccc2c1C(=O)O)N1CCN(C)CC1. The lowest BCUT2D eigenvalue weighted by atomic mass is 10.0. The van der Waals surface area contributed by atoms with Gasteiger partial charge in [-0.1, -0.05) is 25.1 Å². The van der Waals surface area contributed by atoms with Crippen molar-refractivity contribution in [2.45, 2.75) is 19.4 Å². The molecular formula is C17H23N3O2. The van der Waals surface area contributed by atoms with Gasteiger partial charge in [-0.3, -0.25) is 4.90 Å². The monoisotopic (exact) mass is 301 g/mol. The van der Waals surface area contributed by atoms with Gasteiger partial charge in [-0.2, -0.15) is 0 Å². The van der Waals surface area contributed by atoms with Gasteiger partial charge >= 0.3 is 5.97 Å². The maximum atomic E-state index is 11.8. The number of aromatic nitrogens is 1. The van der Waals surface area contributed by atoms with Crippen LogP contribution in [0.5, 0.6) is 0 Å². The van der Waals surface area contributed by atoms with Gasteiger partial charge in [0.25, 0.3) is 0 Å². The van der Waals surface area contributed by atoms with E-state index >= 15 is 0 Å². The zero-order valence-electron chi connectivity index (χ0n) is 13.2. The normalized spacial score (nSPS) is 18.6. The first-order valence-corrected chi connectivity index (χ1v) is 7.88. The predicted molar refractivity (Wildman–Crippen MR) is 87.4 cm³/mol. The number of nitrogens with one attached hydrogen (secondary N) is 1. The highest BCUT2D eigenvalue weighted by atomic mass is 16.4. The molecule has 22 heavy (non-hydrogen) atoms. The van der Waals surface area contributed by atoms with Crippen LogP contribution >= 0.6 is 0 Å². The summed E-state index contributed by atoms with van der Waals surface area (Å²) in [4.78, 5) is 19.9. The number of rotatable bonds is 4. The summed E-state index contributed by atoms with van der Waals surface area (Å²) in [6.45, 7) is 6.13. The first kappa shape index (κ1) is 15.1. The third-order valence-corrected chi connectivity index (χ3v) is 4.65. The molecule has 118 valence electrons. The van der Waals surface area contributed by atoms with E-state index in [0.717, 1.165) is 49.2 Å². The zero-order valence-corrected chi connectivity index (χ0v) is 13.2. The maximum absolute atomic E-state index is 11.8. The molecule has 1 aliphatic rings. The molecule has 0 radical (unpaired) electrons. The number of hydrogen-bond acceptors (Lipinski definition) is 3. The van der Waals surface area contributed by atoms with E-state index in [-0.39, 0.29) is 6.04 Å². The molecule has 2 N–H and O–H groups in total. The van der Waals surface area contributed by atoms with Crippen LogP contribution in [0.15, 0.2) is 24.3 Å². The molecule has 1 aromatic heterocycles. The van der Waals surface area contributed by atoms with Gasteiger partial charge in [0.2, 0.25) is 0 Å². The molecule has 1 fully saturated rings. The highest BCUT2D eigenvalue weighted by molar-refractivity contribution is 6.04. The summed E-state index contributed by atoms with van der Waals surface area (Å²) in [5, 5.41) is 10.5. The van der Waals surface area contributed by atoms with Crippen LogP contribution in [-0.4, -0.2) is 59.1 Å². The van der Waals surface area contributed by atoms with Crippen LogP contribution in [0.25, 0.3) is 10.9 Å². The van der Waals surface area contributed by atoms with Crippen molar-refractivity contribution in [3.63, 3.8) is 0 Å². The summed E-state index contributed by atoms with van der Waals surface area (Å²) in [7, 11) is 2.13. The number of carboxylic acids is 1. The molecule has 1 aliphatic heterocycles. The number of para-hydroxylation sites is 1. The molecule has 0 aliphatic carbocycles. The number of H-pyrrole nitrogens is 1. The van der Waals surface area contributed by atoms with Crippen LogP contribution in [0.4, 0.5) is 0 Å². The lowest BCUT2D eigenvalue weighted by Crippen LogP contribution is -2.46. The van der Waals surface area contributed by atoms with Crippen molar-refractivity contribution in [1.82, 2.24) is 14.8 Å². The standard InChI is InChI=1S/C17H23N3O2/c1-3-14(20-10-8-19(2)9-11-20)16-15(17(21)22)12-6-4-5-7-13(12)18-16/h4-7,14,18H,3,8-11H2,1-2H3,(H,21,22). The fourth-order valence-corrected chi connectivity index (χ4v) is 3.42. The molecule has 0 saturated carbocycles. The van der Waals surface area contributed by atoms with E-state index in [0.29, 0.717) is 5.56 Å². The molecule has 2 aromatic rings. The summed E-state index contributed by atoms with van der Waals surface area (Å²) in [6, 6.07) is 7.79. The number of benzene rings is 1. The van der Waals surface area contributed by atoms with Gasteiger partial charge in [0.05, 0.1) is 11.6 Å². The summed E-state index contributed by atoms with van der Waals surface area (Å²) >= 11 is 0. The van der Waals surface area contributed by atoms with E-state index in [2.05, 4.69) is 28.8 Å². The van der Waals surface area contributed by atoms with Crippen LogP contribution in [0.1, 0.15) is 35.4 Å². The Kier molecular flexibility index (Phi) is 4.18. The Morgan fingerprint density at radius 1 is 1.27 bits per heavy atom. The number of carboxylic acid groups (broad SMARTS) is 1. The van der Waals surface area contributed by atoms with Gasteiger partial charge in [0, 0.05) is 42.8 Å². The Labute approximate surface area is 130 Å². The summed E-state index contributed by atoms with van der Waals surface area (Å²) < 4.78 is 0. The number of fused-ring (bicyclic) bond motifs is 1. The van der Waals surface area contributed by atoms with Gasteiger partial charge in [-0.25, -0.2) is 4.79 Å². The summed E-state index contributed by atoms with van der Waals surface area (Å²) in [6.07, 6.45) is 0.900. The van der Waals surface area contributed by atoms with E-state index in [9.17, 15) is 9.90 Å². The van der Waals surface area contributed by atoms with Crippen LogP contribution in [-0.2, 0) is 0 Å². The Morgan fingerprint density at radius 3 is 2.59 bits per heavy atom. The minimum Gasteiger partial charge on any atom is -0.478 e. The molecule has 1 unspecified atom stereocenters. The number of piperazine rings is 1. The molecule has 1 saturated heterocycles. The van der Waals surface area contributed by atoms with Gasteiger partial charge < -0.3 is 15.0 Å². The van der Waals surface area contributed by atoms with Crippen molar-refractivity contribution in [2.24, 2.45) is 0 Å². The molecule has 3 rings (SSSR count). The second-order valence-electron chi connectivity index (χ2n) is 6.03. The lowest BCUT2D eigenvalue weighted by molar-refractivity contribution is 0.0689. The van der Waals surface area contributed by atoms with Gasteiger partial charge in [-0.15, -0.1) is 0 Å². The summed E-state index contributed by atoms with van der Waals surface area (Å²) in [5.41, 5.74) is 2.18. The molecule has 1 atom stereocenters. The van der Waals surface area contributed by atoms with E-state index in [1.54, 1.807) is 0 Å². The van der Waals surface area contributed by atoms with Crippen molar-refractivity contribution in [2.75, 3.05) is 33.2 Å². The van der Waals surface area contributed by atoms with Crippen LogP contribution in [0.2, 0.25) is 0 Å². The number of aromatic carboxylic acids is 1. The van der Waals surface area contributed by atoms with E-state index in [1.165, 1.54) is 0 Å². The third-order valence-electron chi connectivity index (χ3n) is 4.65.